The number of halogens is 2. The molecular formula is C18H18F2N2O3. The third kappa shape index (κ3) is 5.00. The van der Waals surface area contributed by atoms with E-state index in [0.29, 0.717) is 18.0 Å². The third-order valence-electron chi connectivity index (χ3n) is 3.35. The summed E-state index contributed by atoms with van der Waals surface area (Å²) in [4.78, 5) is 25.0. The van der Waals surface area contributed by atoms with Gasteiger partial charge < -0.3 is 15.0 Å². The maximum atomic E-state index is 13.4. The molecule has 132 valence electrons. The summed E-state index contributed by atoms with van der Waals surface area (Å²) in [6.45, 7) is 3.32. The van der Waals surface area contributed by atoms with Crippen molar-refractivity contribution in [3.8, 4) is 5.75 Å². The molecule has 0 saturated heterocycles. The SMILES string of the molecule is CCOc1ccc(NC(=O)CN(C(C)=O)c2ccc(F)c(F)c2)cc1. The predicted octanol–water partition coefficient (Wildman–Crippen LogP) is 3.36. The fraction of sp³-hybridized carbons (Fsp3) is 0.222. The van der Waals surface area contributed by atoms with Gasteiger partial charge in [0.2, 0.25) is 11.8 Å². The van der Waals surface area contributed by atoms with Crippen LogP contribution < -0.4 is 15.0 Å². The van der Waals surface area contributed by atoms with Gasteiger partial charge in [0.05, 0.1) is 6.61 Å². The lowest BCUT2D eigenvalue weighted by atomic mass is 10.2. The highest BCUT2D eigenvalue weighted by Gasteiger charge is 2.17. The van der Waals surface area contributed by atoms with Crippen molar-refractivity contribution in [2.45, 2.75) is 13.8 Å². The molecule has 0 heterocycles. The van der Waals surface area contributed by atoms with Crippen LogP contribution in [0.15, 0.2) is 42.5 Å². The van der Waals surface area contributed by atoms with Crippen molar-refractivity contribution in [2.75, 3.05) is 23.4 Å². The second-order valence-corrected chi connectivity index (χ2v) is 5.21. The van der Waals surface area contributed by atoms with Crippen LogP contribution >= 0.6 is 0 Å². The molecule has 0 aliphatic heterocycles. The van der Waals surface area contributed by atoms with Gasteiger partial charge in [0.1, 0.15) is 12.3 Å². The summed E-state index contributed by atoms with van der Waals surface area (Å²) in [5, 5.41) is 2.64. The van der Waals surface area contributed by atoms with Gasteiger partial charge >= 0.3 is 0 Å². The van der Waals surface area contributed by atoms with Crippen LogP contribution in [0.5, 0.6) is 5.75 Å². The molecular weight excluding hydrogens is 330 g/mol. The molecule has 0 aliphatic rings. The summed E-state index contributed by atoms with van der Waals surface area (Å²) in [6.07, 6.45) is 0. The number of rotatable bonds is 6. The number of ether oxygens (including phenoxy) is 1. The van der Waals surface area contributed by atoms with E-state index < -0.39 is 23.4 Å². The molecule has 0 bridgehead atoms. The molecule has 0 saturated carbocycles. The van der Waals surface area contributed by atoms with Gasteiger partial charge in [0, 0.05) is 24.4 Å². The molecule has 7 heteroatoms. The van der Waals surface area contributed by atoms with E-state index in [-0.39, 0.29) is 12.2 Å². The molecule has 0 spiro atoms. The van der Waals surface area contributed by atoms with Gasteiger partial charge in [-0.05, 0) is 43.3 Å². The second-order valence-electron chi connectivity index (χ2n) is 5.21. The average molecular weight is 348 g/mol. The van der Waals surface area contributed by atoms with Crippen LogP contribution in [0.2, 0.25) is 0 Å². The first kappa shape index (κ1) is 18.4. The number of anilines is 2. The lowest BCUT2D eigenvalue weighted by molar-refractivity contribution is -0.120. The molecule has 0 radical (unpaired) electrons. The van der Waals surface area contributed by atoms with Gasteiger partial charge in [-0.3, -0.25) is 9.59 Å². The predicted molar refractivity (Wildman–Crippen MR) is 90.6 cm³/mol. The summed E-state index contributed by atoms with van der Waals surface area (Å²) < 4.78 is 31.7. The number of nitrogens with zero attached hydrogens (tertiary/aromatic N) is 1. The minimum absolute atomic E-state index is 0.105. The quantitative estimate of drug-likeness (QED) is 0.871. The second kappa shape index (κ2) is 8.23. The van der Waals surface area contributed by atoms with Crippen LogP contribution in [0.3, 0.4) is 0 Å². The lowest BCUT2D eigenvalue weighted by Crippen LogP contribution is -2.36. The van der Waals surface area contributed by atoms with Crippen LogP contribution in [0.25, 0.3) is 0 Å². The molecule has 0 aliphatic carbocycles. The van der Waals surface area contributed by atoms with Crippen molar-refractivity contribution in [2.24, 2.45) is 0 Å². The molecule has 1 N–H and O–H groups in total. The number of carbonyl (C=O) groups excluding carboxylic acids is 2. The van der Waals surface area contributed by atoms with Gasteiger partial charge in [-0.1, -0.05) is 0 Å². The number of benzene rings is 2. The van der Waals surface area contributed by atoms with E-state index in [2.05, 4.69) is 5.32 Å². The Bertz CT molecular complexity index is 763. The molecule has 0 atom stereocenters. The van der Waals surface area contributed by atoms with Crippen molar-refractivity contribution in [3.63, 3.8) is 0 Å². The zero-order chi connectivity index (χ0) is 18.4. The summed E-state index contributed by atoms with van der Waals surface area (Å²) in [5.74, 6) is -2.37. The normalized spacial score (nSPS) is 10.2. The van der Waals surface area contributed by atoms with E-state index >= 15 is 0 Å². The van der Waals surface area contributed by atoms with Crippen LogP contribution in [-0.4, -0.2) is 25.0 Å². The largest absolute Gasteiger partial charge is 0.494 e. The van der Waals surface area contributed by atoms with Crippen molar-refractivity contribution >= 4 is 23.2 Å². The molecule has 2 rings (SSSR count). The number of hydrogen-bond donors (Lipinski definition) is 1. The van der Waals surface area contributed by atoms with Crippen molar-refractivity contribution < 1.29 is 23.1 Å². The first-order valence-electron chi connectivity index (χ1n) is 7.66. The Balaban J connectivity index is 2.07. The van der Waals surface area contributed by atoms with Gasteiger partial charge in [-0.2, -0.15) is 0 Å². The smallest absolute Gasteiger partial charge is 0.244 e. The van der Waals surface area contributed by atoms with Crippen LogP contribution in [0.1, 0.15) is 13.8 Å². The Morgan fingerprint density at radius 2 is 1.76 bits per heavy atom. The zero-order valence-corrected chi connectivity index (χ0v) is 13.9. The summed E-state index contributed by atoms with van der Waals surface area (Å²) in [5.41, 5.74) is 0.635. The number of nitrogens with one attached hydrogen (secondary N) is 1. The number of carbonyl (C=O) groups is 2. The highest BCUT2D eigenvalue weighted by atomic mass is 19.2. The van der Waals surface area contributed by atoms with E-state index in [0.717, 1.165) is 17.0 Å². The first-order valence-corrected chi connectivity index (χ1v) is 7.66. The molecule has 2 amide bonds. The minimum Gasteiger partial charge on any atom is -0.494 e. The molecule has 5 nitrogen and oxygen atoms in total. The fourth-order valence-electron chi connectivity index (χ4n) is 2.18. The molecule has 0 fully saturated rings. The standard InChI is InChI=1S/C18H18F2N2O3/c1-3-25-15-7-4-13(5-8-15)21-18(24)11-22(12(2)23)14-6-9-16(19)17(20)10-14/h4-10H,3,11H2,1-2H3,(H,21,24). The molecule has 2 aromatic rings. The first-order chi connectivity index (χ1) is 11.9. The maximum Gasteiger partial charge on any atom is 0.244 e. The molecule has 0 unspecified atom stereocenters. The Hall–Kier alpha value is -2.96. The van der Waals surface area contributed by atoms with E-state index in [1.807, 2.05) is 6.92 Å². The van der Waals surface area contributed by atoms with Crippen LogP contribution in [-0.2, 0) is 9.59 Å². The van der Waals surface area contributed by atoms with E-state index in [1.165, 1.54) is 13.0 Å². The van der Waals surface area contributed by atoms with Gasteiger partial charge in [0.25, 0.3) is 0 Å². The molecule has 25 heavy (non-hydrogen) atoms. The Morgan fingerprint density at radius 1 is 1.08 bits per heavy atom. The van der Waals surface area contributed by atoms with Crippen LogP contribution in [0, 0.1) is 11.6 Å². The maximum absolute atomic E-state index is 13.4. The van der Waals surface area contributed by atoms with Gasteiger partial charge in [0.15, 0.2) is 11.6 Å². The van der Waals surface area contributed by atoms with Crippen molar-refractivity contribution in [3.05, 3.63) is 54.1 Å². The topological polar surface area (TPSA) is 58.6 Å². The summed E-state index contributed by atoms with van der Waals surface area (Å²) in [6, 6.07) is 9.77. The van der Waals surface area contributed by atoms with E-state index in [1.54, 1.807) is 24.3 Å². The Kier molecular flexibility index (Phi) is 6.05. The zero-order valence-electron chi connectivity index (χ0n) is 13.9. The summed E-state index contributed by atoms with van der Waals surface area (Å²) >= 11 is 0. The summed E-state index contributed by atoms with van der Waals surface area (Å²) in [7, 11) is 0. The number of amides is 2. The van der Waals surface area contributed by atoms with Gasteiger partial charge in [-0.15, -0.1) is 0 Å². The lowest BCUT2D eigenvalue weighted by Gasteiger charge is -2.21. The number of hydrogen-bond acceptors (Lipinski definition) is 3. The van der Waals surface area contributed by atoms with Gasteiger partial charge in [-0.25, -0.2) is 8.78 Å². The van der Waals surface area contributed by atoms with Crippen LogP contribution in [0.4, 0.5) is 20.2 Å². The molecule has 0 aromatic heterocycles. The Morgan fingerprint density at radius 3 is 2.32 bits per heavy atom. The van der Waals surface area contributed by atoms with Crippen molar-refractivity contribution in [1.29, 1.82) is 0 Å². The highest BCUT2D eigenvalue weighted by Crippen LogP contribution is 2.19. The fourth-order valence-corrected chi connectivity index (χ4v) is 2.18. The monoisotopic (exact) mass is 348 g/mol. The van der Waals surface area contributed by atoms with E-state index in [4.69, 9.17) is 4.74 Å². The molecule has 2 aromatic carbocycles. The highest BCUT2D eigenvalue weighted by molar-refractivity contribution is 6.01. The minimum atomic E-state index is -1.09. The third-order valence-corrected chi connectivity index (χ3v) is 3.35. The Labute approximate surface area is 144 Å². The van der Waals surface area contributed by atoms with Crippen molar-refractivity contribution in [1.82, 2.24) is 0 Å². The van der Waals surface area contributed by atoms with E-state index in [9.17, 15) is 18.4 Å². The average Bonchev–Trinajstić information content (AvgIpc) is 2.57.